The number of benzene rings is 1. The quantitative estimate of drug-likeness (QED) is 0.241. The van der Waals surface area contributed by atoms with Crippen molar-refractivity contribution in [2.24, 2.45) is 0 Å². The van der Waals surface area contributed by atoms with E-state index >= 15 is 0 Å². The van der Waals surface area contributed by atoms with Gasteiger partial charge in [0, 0.05) is 47.9 Å². The first-order chi connectivity index (χ1) is 19.1. The number of furan rings is 1. The molecule has 1 aliphatic rings. The van der Waals surface area contributed by atoms with Crippen molar-refractivity contribution in [2.45, 2.75) is 51.6 Å². The van der Waals surface area contributed by atoms with Gasteiger partial charge in [0.15, 0.2) is 5.76 Å². The Morgan fingerprint density at radius 2 is 2.00 bits per heavy atom. The van der Waals surface area contributed by atoms with Gasteiger partial charge in [-0.2, -0.15) is 0 Å². The molecule has 2 N–H and O–H groups in total. The van der Waals surface area contributed by atoms with Crippen LogP contribution in [-0.2, 0) is 4.79 Å². The Morgan fingerprint density at radius 1 is 1.20 bits per heavy atom. The number of carbonyl (C=O) groups excluding carboxylic acids is 2. The van der Waals surface area contributed by atoms with Gasteiger partial charge in [0.05, 0.1) is 6.04 Å². The molecule has 1 fully saturated rings. The Morgan fingerprint density at radius 3 is 2.75 bits per heavy atom. The second-order valence-electron chi connectivity index (χ2n) is 10.8. The summed E-state index contributed by atoms with van der Waals surface area (Å²) in [6, 6.07) is 11.5. The molecule has 210 valence electrons. The molecule has 1 aliphatic heterocycles. The van der Waals surface area contributed by atoms with Gasteiger partial charge < -0.3 is 19.7 Å². The van der Waals surface area contributed by atoms with Crippen LogP contribution in [0.3, 0.4) is 0 Å². The SMILES string of the molecule is CC(C)(C)N(C(=O)O)C1CCN(C(=O)CCCNC(=O)c2sccc2-c2nc(-c3cc4ccccc4o3)cs2)C1. The van der Waals surface area contributed by atoms with E-state index < -0.39 is 11.6 Å². The van der Waals surface area contributed by atoms with Gasteiger partial charge in [0.2, 0.25) is 5.91 Å². The minimum atomic E-state index is -0.967. The summed E-state index contributed by atoms with van der Waals surface area (Å²) in [4.78, 5) is 46.0. The molecule has 1 unspecified atom stereocenters. The first-order valence-electron chi connectivity index (χ1n) is 13.2. The molecule has 0 spiro atoms. The predicted octanol–water partition coefficient (Wildman–Crippen LogP) is 6.17. The fourth-order valence-electron chi connectivity index (χ4n) is 5.12. The Kier molecular flexibility index (Phi) is 7.95. The van der Waals surface area contributed by atoms with Crippen LogP contribution in [0.1, 0.15) is 49.7 Å². The molecule has 1 aromatic carbocycles. The molecule has 0 saturated carbocycles. The first-order valence-corrected chi connectivity index (χ1v) is 15.0. The number of nitrogens with zero attached hydrogens (tertiary/aromatic N) is 3. The molecule has 3 aromatic heterocycles. The number of likely N-dealkylation sites (tertiary alicyclic amines) is 1. The molecule has 4 aromatic rings. The number of thiazole rings is 1. The molecule has 9 nitrogen and oxygen atoms in total. The third kappa shape index (κ3) is 5.90. The van der Waals surface area contributed by atoms with E-state index in [9.17, 15) is 19.5 Å². The fourth-order valence-corrected chi connectivity index (χ4v) is 6.84. The molecule has 0 aliphatic carbocycles. The normalized spacial score (nSPS) is 15.5. The largest absolute Gasteiger partial charge is 0.465 e. The number of carbonyl (C=O) groups is 3. The summed E-state index contributed by atoms with van der Waals surface area (Å²) in [7, 11) is 0. The smallest absolute Gasteiger partial charge is 0.408 e. The topological polar surface area (TPSA) is 116 Å². The van der Waals surface area contributed by atoms with E-state index in [2.05, 4.69) is 5.32 Å². The van der Waals surface area contributed by atoms with E-state index in [1.54, 1.807) is 4.90 Å². The zero-order valence-electron chi connectivity index (χ0n) is 22.7. The summed E-state index contributed by atoms with van der Waals surface area (Å²) in [6.07, 6.45) is 0.454. The maximum atomic E-state index is 13.0. The van der Waals surface area contributed by atoms with Crippen LogP contribution >= 0.6 is 22.7 Å². The Bertz CT molecular complexity index is 1500. The van der Waals surface area contributed by atoms with Crippen LogP contribution in [0, 0.1) is 0 Å². The van der Waals surface area contributed by atoms with E-state index in [-0.39, 0.29) is 17.9 Å². The maximum absolute atomic E-state index is 13.0. The van der Waals surface area contributed by atoms with Crippen molar-refractivity contribution in [2.75, 3.05) is 19.6 Å². The highest BCUT2D eigenvalue weighted by molar-refractivity contribution is 7.15. The van der Waals surface area contributed by atoms with E-state index in [4.69, 9.17) is 9.40 Å². The lowest BCUT2D eigenvalue weighted by Gasteiger charge is -2.37. The molecule has 0 bridgehead atoms. The molecule has 11 heteroatoms. The van der Waals surface area contributed by atoms with Gasteiger partial charge >= 0.3 is 6.09 Å². The number of amides is 3. The van der Waals surface area contributed by atoms with Crippen LogP contribution in [-0.4, -0.2) is 69.0 Å². The number of para-hydroxylation sites is 1. The monoisotopic (exact) mass is 580 g/mol. The number of aromatic nitrogens is 1. The predicted molar refractivity (Wildman–Crippen MR) is 157 cm³/mol. The maximum Gasteiger partial charge on any atom is 0.408 e. The number of rotatable bonds is 8. The van der Waals surface area contributed by atoms with Crippen molar-refractivity contribution in [3.05, 3.63) is 52.0 Å². The number of hydrogen-bond donors (Lipinski definition) is 2. The summed E-state index contributed by atoms with van der Waals surface area (Å²) in [6.45, 7) is 6.89. The molecule has 3 amide bonds. The lowest BCUT2D eigenvalue weighted by molar-refractivity contribution is -0.130. The molecule has 40 heavy (non-hydrogen) atoms. The average Bonchev–Trinajstić information content (AvgIpc) is 3.70. The number of nitrogens with one attached hydrogen (secondary N) is 1. The Labute approximate surface area is 240 Å². The zero-order chi connectivity index (χ0) is 28.4. The number of thiophene rings is 1. The second-order valence-corrected chi connectivity index (χ2v) is 12.6. The average molecular weight is 581 g/mol. The van der Waals surface area contributed by atoms with E-state index in [0.717, 1.165) is 27.2 Å². The third-order valence-electron chi connectivity index (χ3n) is 6.95. The van der Waals surface area contributed by atoms with Crippen LogP contribution in [0.25, 0.3) is 33.0 Å². The number of carboxylic acid groups (broad SMARTS) is 1. The van der Waals surface area contributed by atoms with Gasteiger partial charge in [-0.05, 0) is 57.2 Å². The number of hydrogen-bond acceptors (Lipinski definition) is 7. The van der Waals surface area contributed by atoms with E-state index in [1.165, 1.54) is 27.6 Å². The van der Waals surface area contributed by atoms with Crippen molar-refractivity contribution < 1.29 is 23.9 Å². The van der Waals surface area contributed by atoms with Crippen LogP contribution in [0.4, 0.5) is 4.79 Å². The minimum Gasteiger partial charge on any atom is -0.465 e. The standard InChI is InChI=1S/C29H32N4O5S2/c1-29(2,3)33(28(36)37)19-10-13-32(16-19)24(34)9-6-12-30-26(35)25-20(11-14-39-25)27-31-21(17-40-27)23-15-18-7-4-5-8-22(18)38-23/h4-5,7-8,11,14-15,17,19H,6,9-10,12-13,16H2,1-3H3,(H,30,35)(H,36,37). The lowest BCUT2D eigenvalue weighted by Crippen LogP contribution is -2.52. The minimum absolute atomic E-state index is 0.0197. The highest BCUT2D eigenvalue weighted by Gasteiger charge is 2.38. The highest BCUT2D eigenvalue weighted by Crippen LogP contribution is 2.35. The van der Waals surface area contributed by atoms with Gasteiger partial charge in [0.1, 0.15) is 21.2 Å². The zero-order valence-corrected chi connectivity index (χ0v) is 24.3. The first kappa shape index (κ1) is 27.9. The van der Waals surface area contributed by atoms with Crippen molar-refractivity contribution in [3.8, 4) is 22.0 Å². The molecule has 5 rings (SSSR count). The summed E-state index contributed by atoms with van der Waals surface area (Å²) < 4.78 is 5.93. The van der Waals surface area contributed by atoms with E-state index in [0.29, 0.717) is 49.5 Å². The number of fused-ring (bicyclic) bond motifs is 1. The van der Waals surface area contributed by atoms with Gasteiger partial charge in [-0.1, -0.05) is 18.2 Å². The molecular formula is C29H32N4O5S2. The van der Waals surface area contributed by atoms with Crippen LogP contribution in [0.2, 0.25) is 0 Å². The van der Waals surface area contributed by atoms with Gasteiger partial charge in [0.25, 0.3) is 5.91 Å². The van der Waals surface area contributed by atoms with Crippen LogP contribution in [0.5, 0.6) is 0 Å². The summed E-state index contributed by atoms with van der Waals surface area (Å²) >= 11 is 2.82. The van der Waals surface area contributed by atoms with Gasteiger partial charge in [-0.25, -0.2) is 9.78 Å². The fraction of sp³-hybridized carbons (Fsp3) is 0.379. The summed E-state index contributed by atoms with van der Waals surface area (Å²) in [5, 5.41) is 18.1. The van der Waals surface area contributed by atoms with Crippen molar-refractivity contribution >= 4 is 51.6 Å². The van der Waals surface area contributed by atoms with Crippen LogP contribution < -0.4 is 5.32 Å². The molecule has 1 saturated heterocycles. The van der Waals surface area contributed by atoms with Crippen molar-refractivity contribution in [1.82, 2.24) is 20.1 Å². The van der Waals surface area contributed by atoms with E-state index in [1.807, 2.05) is 67.9 Å². The molecule has 0 radical (unpaired) electrons. The third-order valence-corrected chi connectivity index (χ3v) is 8.74. The summed E-state index contributed by atoms with van der Waals surface area (Å²) in [5.74, 6) is 0.475. The van der Waals surface area contributed by atoms with Gasteiger partial charge in [-0.3, -0.25) is 14.5 Å². The Balaban J connectivity index is 1.13. The summed E-state index contributed by atoms with van der Waals surface area (Å²) in [5.41, 5.74) is 1.77. The highest BCUT2D eigenvalue weighted by atomic mass is 32.1. The van der Waals surface area contributed by atoms with Crippen molar-refractivity contribution in [3.63, 3.8) is 0 Å². The molecule has 4 heterocycles. The lowest BCUT2D eigenvalue weighted by atomic mass is 10.0. The second kappa shape index (κ2) is 11.4. The molecule has 1 atom stereocenters. The van der Waals surface area contributed by atoms with Crippen LogP contribution in [0.15, 0.2) is 51.6 Å². The Hall–Kier alpha value is -3.70. The van der Waals surface area contributed by atoms with Gasteiger partial charge in [-0.15, -0.1) is 22.7 Å². The van der Waals surface area contributed by atoms with Crippen molar-refractivity contribution in [1.29, 1.82) is 0 Å². The molecular weight excluding hydrogens is 548 g/mol.